The van der Waals surface area contributed by atoms with Gasteiger partial charge in [0, 0.05) is 136 Å². The molecule has 0 fully saturated rings. The first-order valence-corrected chi connectivity index (χ1v) is 50.2. The normalized spacial score (nSPS) is 11.0. The third-order valence-electron chi connectivity index (χ3n) is 26.7. The van der Waals surface area contributed by atoms with Crippen LogP contribution in [0.25, 0.3) is 43.8 Å². The summed E-state index contributed by atoms with van der Waals surface area (Å²) in [5.74, 6) is 0. The molecule has 724 valence electrons. The van der Waals surface area contributed by atoms with E-state index in [0.717, 1.165) is 136 Å². The molecular formula is C140H119N8P. The molecule has 0 N–H and O–H groups in total. The molecule has 149 heavy (non-hydrogen) atoms. The van der Waals surface area contributed by atoms with Gasteiger partial charge in [0.15, 0.2) is 0 Å². The summed E-state index contributed by atoms with van der Waals surface area (Å²) in [5, 5.41) is 4.90. The first-order valence-electron chi connectivity index (χ1n) is 51.2. The van der Waals surface area contributed by atoms with Crippen LogP contribution >= 0.6 is 9.79 Å². The average molecular weight is 1950 g/mol. The van der Waals surface area contributed by atoms with Gasteiger partial charge < -0.3 is 39.2 Å². The van der Waals surface area contributed by atoms with Crippen molar-refractivity contribution >= 4 is 168 Å². The summed E-state index contributed by atoms with van der Waals surface area (Å²) < 4.78 is 11.8. The third kappa shape index (κ3) is 22.8. The Labute approximate surface area is 884 Å². The summed E-state index contributed by atoms with van der Waals surface area (Å²) in [7, 11) is -0.417. The van der Waals surface area contributed by atoms with Crippen molar-refractivity contribution in [2.45, 2.75) is 42.0 Å². The van der Waals surface area contributed by atoms with E-state index in [-0.39, 0.29) is 7.43 Å². The SMILES string of the molecule is C.Cc1cccc(N(c2ccccc2)c2ccc(-c3ccc(N(c4ccccc4)c4cccc(C)c4)cc3)cc2)c1.Cc1cccc(N(c2ccccc2)c2ccc(N(c3ccc(N(c4ccccc4)c4cccc(C)c4)cc3)c3ccc(N(c4ccccc4)c4cccc(C)c4)cc3)cc2)c1.[2H]P[3H].c1ccc(N(c2ccc(-c3ccc(N(c4ccccc4)c4cccc5ccccc45)cc3)cc2)c2cccc3ccccc23)cc1. The van der Waals surface area contributed by atoms with Crippen molar-refractivity contribution in [3.05, 3.63) is 616 Å². The van der Waals surface area contributed by atoms with E-state index < -0.39 is 9.79 Å². The van der Waals surface area contributed by atoms with Gasteiger partial charge in [-0.05, 0) is 375 Å². The maximum absolute atomic E-state index is 5.90. The van der Waals surface area contributed by atoms with Crippen LogP contribution < -0.4 is 39.2 Å². The van der Waals surface area contributed by atoms with E-state index in [2.05, 4.69) is 662 Å². The smallest absolute Gasteiger partial charge is 0.0540 e. The molecule has 0 saturated heterocycles. The lowest BCUT2D eigenvalue weighted by atomic mass is 10.0. The van der Waals surface area contributed by atoms with Gasteiger partial charge in [-0.2, -0.15) is 9.79 Å². The van der Waals surface area contributed by atoms with Gasteiger partial charge in [0.1, 0.15) is 0 Å². The van der Waals surface area contributed by atoms with Gasteiger partial charge in [-0.3, -0.25) is 0 Å². The number of aryl methyl sites for hydroxylation is 5. The van der Waals surface area contributed by atoms with Gasteiger partial charge in [-0.15, -0.1) is 0 Å². The van der Waals surface area contributed by atoms with E-state index in [9.17, 15) is 0 Å². The molecule has 0 amide bonds. The number of rotatable bonds is 26. The highest BCUT2D eigenvalue weighted by Crippen LogP contribution is 2.48. The summed E-state index contributed by atoms with van der Waals surface area (Å²) in [4.78, 5) is 18.6. The largest absolute Gasteiger partial charge is 0.310 e. The molecule has 0 heterocycles. The maximum Gasteiger partial charge on any atom is 0.0540 e. The minimum absolute atomic E-state index is 0. The lowest BCUT2D eigenvalue weighted by molar-refractivity contribution is 1.23. The van der Waals surface area contributed by atoms with Crippen molar-refractivity contribution in [3.63, 3.8) is 0 Å². The molecule has 23 aromatic rings. The minimum Gasteiger partial charge on any atom is -0.310 e. The van der Waals surface area contributed by atoms with E-state index in [1.54, 1.807) is 0 Å². The monoisotopic (exact) mass is 1950 g/mol. The van der Waals surface area contributed by atoms with Gasteiger partial charge >= 0.3 is 0 Å². The minimum atomic E-state index is -0.417. The predicted molar refractivity (Wildman–Crippen MR) is 644 cm³/mol. The fourth-order valence-electron chi connectivity index (χ4n) is 19.7. The third-order valence-corrected chi connectivity index (χ3v) is 26.7. The molecule has 0 spiro atoms. The number of benzene rings is 23. The fraction of sp³-hybridized carbons (Fsp3) is 0.0429. The lowest BCUT2D eigenvalue weighted by Crippen LogP contribution is -2.14. The van der Waals surface area contributed by atoms with E-state index >= 15 is 0 Å². The van der Waals surface area contributed by atoms with Crippen molar-refractivity contribution in [1.29, 1.82) is 2.56 Å². The van der Waals surface area contributed by atoms with Crippen LogP contribution in [0.1, 0.15) is 35.2 Å². The number of hydrogen-bond acceptors (Lipinski definition) is 8. The first-order chi connectivity index (χ1) is 73.9. The van der Waals surface area contributed by atoms with Crippen LogP contribution in [-0.2, 0) is 0 Å². The van der Waals surface area contributed by atoms with Crippen LogP contribution in [0.15, 0.2) is 588 Å². The molecule has 23 aromatic carbocycles. The molecular weight excluding hydrogens is 1820 g/mol. The highest BCUT2D eigenvalue weighted by molar-refractivity contribution is 6.92. The zero-order chi connectivity index (χ0) is 102. The molecule has 23 rings (SSSR count). The number of nitrogens with zero attached hydrogens (tertiary/aromatic N) is 8. The Morgan fingerprint density at radius 2 is 0.282 bits per heavy atom. The summed E-state index contributed by atoms with van der Waals surface area (Å²) in [6.07, 6.45) is 0. The molecule has 0 radical (unpaired) electrons. The van der Waals surface area contributed by atoms with Crippen LogP contribution in [0.2, 0.25) is 0 Å². The second-order valence-electron chi connectivity index (χ2n) is 37.0. The molecule has 0 saturated carbocycles. The van der Waals surface area contributed by atoms with Crippen molar-refractivity contribution in [1.82, 2.24) is 0 Å². The highest BCUT2D eigenvalue weighted by Gasteiger charge is 2.25. The molecule has 0 aromatic heterocycles. The topological polar surface area (TPSA) is 25.9 Å². The summed E-state index contributed by atoms with van der Waals surface area (Å²) in [6, 6.07) is 210. The van der Waals surface area contributed by atoms with Crippen molar-refractivity contribution in [3.8, 4) is 22.3 Å². The van der Waals surface area contributed by atoms with Crippen LogP contribution in [0.5, 0.6) is 0 Å². The van der Waals surface area contributed by atoms with Gasteiger partial charge in [0.25, 0.3) is 0 Å². The summed E-state index contributed by atoms with van der Waals surface area (Å²) in [6.45, 7) is 10.7. The predicted octanol–water partition coefficient (Wildman–Crippen LogP) is 40.7. The quantitative estimate of drug-likeness (QED) is 0.0495. The average Bonchev–Trinajstić information content (AvgIpc) is 0.779. The van der Waals surface area contributed by atoms with Crippen LogP contribution in [0.3, 0.4) is 0 Å². The first kappa shape index (κ1) is 96.5. The Hall–Kier alpha value is -18.6. The molecule has 9 heteroatoms. The van der Waals surface area contributed by atoms with Crippen LogP contribution in [0.4, 0.5) is 136 Å². The molecule has 0 aliphatic rings. The van der Waals surface area contributed by atoms with E-state index in [4.69, 9.17) is 2.56 Å². The number of fused-ring (bicyclic) bond motifs is 2. The Bertz CT molecular complexity index is 7720. The molecule has 0 aliphatic heterocycles. The van der Waals surface area contributed by atoms with E-state index in [0.29, 0.717) is 0 Å². The van der Waals surface area contributed by atoms with E-state index in [1.807, 2.05) is 0 Å². The van der Waals surface area contributed by atoms with Gasteiger partial charge in [0.05, 0.1) is 13.9 Å². The zero-order valence-corrected chi connectivity index (χ0v) is 84.6. The number of anilines is 24. The van der Waals surface area contributed by atoms with Crippen molar-refractivity contribution < 1.29 is 0 Å². The van der Waals surface area contributed by atoms with Crippen molar-refractivity contribution in [2.75, 3.05) is 39.2 Å². The molecule has 0 bridgehead atoms. The standard InChI is InChI=1S/C57H48N4.C44H32N2.C38H32N2.CH4.H3P/c1-43-16-13-25-55(40-43)59(46-19-7-4-8-20-46)52-34-28-49(29-35-52)58(50-30-36-53(37-31-50)60(47-21-9-5-10-22-47)56-26-14-17-44(2)41-56)51-32-38-54(39-33-51)61(48-23-11-6-12-24-48)57-27-15-18-45(3)42-57;1-3-17-37(18-4-1)45(43-23-11-15-35-13-7-9-21-41(35)43)39-29-25-33(26-30-39)34-27-31-40(32-28-34)46(38-19-5-2-6-20-38)44-24-12-16-36-14-8-10-22-42(36)44;1-29-11-9-17-37(27-29)39(33-13-5-3-6-14-33)35-23-19-31(20-24-35)32-21-25-36(26-22-32)40(34-15-7-4-8-16-34)38-18-10-12-30(2)28-38;;/h4-42H,1-3H3;1-32H;3-28H,1-2H3;1H4;1H3/i;;;;1TD. The zero-order valence-electron chi connectivity index (χ0n) is 85.6. The fourth-order valence-corrected chi connectivity index (χ4v) is 19.7. The second kappa shape index (κ2) is 46.9. The Morgan fingerprint density at radius 3 is 0.477 bits per heavy atom. The second-order valence-corrected chi connectivity index (χ2v) is 37.0. The molecule has 1 unspecified atom stereocenters. The summed E-state index contributed by atoms with van der Waals surface area (Å²) in [5.41, 5.74) is 37.6. The summed E-state index contributed by atoms with van der Waals surface area (Å²) >= 11 is 0. The van der Waals surface area contributed by atoms with Gasteiger partial charge in [-0.1, -0.05) is 317 Å². The lowest BCUT2D eigenvalue weighted by Gasteiger charge is -2.30. The van der Waals surface area contributed by atoms with Crippen molar-refractivity contribution in [2.24, 2.45) is 0 Å². The van der Waals surface area contributed by atoms with E-state index in [1.165, 1.54) is 71.6 Å². The Morgan fingerprint density at radius 1 is 0.148 bits per heavy atom. The molecule has 0 aliphatic carbocycles. The number of para-hydroxylation sites is 7. The molecule has 8 nitrogen and oxygen atoms in total. The van der Waals surface area contributed by atoms with Crippen LogP contribution in [-0.4, -0.2) is 2.56 Å². The van der Waals surface area contributed by atoms with Crippen LogP contribution in [0, 0.1) is 34.6 Å². The van der Waals surface area contributed by atoms with Gasteiger partial charge in [-0.25, -0.2) is 0 Å². The Kier molecular flexibility index (Phi) is 30.4. The molecule has 1 atom stereocenters. The Balaban J connectivity index is 0.000000143. The maximum atomic E-state index is 5.90. The number of hydrogen-bond donors (Lipinski definition) is 0. The van der Waals surface area contributed by atoms with Gasteiger partial charge in [0.2, 0.25) is 0 Å². The highest BCUT2D eigenvalue weighted by atomic mass is 31.0.